The van der Waals surface area contributed by atoms with E-state index in [1.807, 2.05) is 6.07 Å². The molecule has 0 saturated heterocycles. The number of halogens is 3. The molecule has 0 aliphatic heterocycles. The Hall–Kier alpha value is -2.85. The average molecular weight is 334 g/mol. The van der Waals surface area contributed by atoms with Crippen molar-refractivity contribution in [1.82, 2.24) is 5.32 Å². The molecule has 0 radical (unpaired) electrons. The second kappa shape index (κ2) is 6.72. The van der Waals surface area contributed by atoms with Gasteiger partial charge in [-0.1, -0.05) is 36.4 Å². The van der Waals surface area contributed by atoms with Crippen LogP contribution in [-0.2, 0) is 5.60 Å². The summed E-state index contributed by atoms with van der Waals surface area (Å²) in [7, 11) is 0. The molecule has 2 N–H and O–H groups in total. The van der Waals surface area contributed by atoms with Gasteiger partial charge in [-0.2, -0.15) is 18.4 Å². The lowest BCUT2D eigenvalue weighted by Crippen LogP contribution is -2.51. The first-order chi connectivity index (χ1) is 11.3. The molecule has 2 aromatic rings. The lowest BCUT2D eigenvalue weighted by atomic mass is 9.93. The monoisotopic (exact) mass is 334 g/mol. The highest BCUT2D eigenvalue weighted by atomic mass is 19.4. The first-order valence-corrected chi connectivity index (χ1v) is 6.91. The Morgan fingerprint density at radius 1 is 1.12 bits per heavy atom. The third kappa shape index (κ3) is 3.55. The van der Waals surface area contributed by atoms with E-state index in [1.165, 1.54) is 42.5 Å². The predicted molar refractivity (Wildman–Crippen MR) is 79.9 cm³/mol. The van der Waals surface area contributed by atoms with Crippen molar-refractivity contribution in [3.8, 4) is 6.07 Å². The summed E-state index contributed by atoms with van der Waals surface area (Å²) in [5, 5.41) is 21.0. The van der Waals surface area contributed by atoms with Crippen LogP contribution in [-0.4, -0.2) is 23.7 Å². The summed E-state index contributed by atoms with van der Waals surface area (Å²) < 4.78 is 40.0. The minimum atomic E-state index is -4.98. The normalized spacial score (nSPS) is 13.6. The number of aliphatic hydroxyl groups is 1. The van der Waals surface area contributed by atoms with Crippen molar-refractivity contribution >= 4 is 5.91 Å². The number of nitrogens with zero attached hydrogens (tertiary/aromatic N) is 1. The summed E-state index contributed by atoms with van der Waals surface area (Å²) >= 11 is 0. The molecule has 24 heavy (non-hydrogen) atoms. The molecule has 0 fully saturated rings. The van der Waals surface area contributed by atoms with Crippen molar-refractivity contribution in [3.63, 3.8) is 0 Å². The second-order valence-electron chi connectivity index (χ2n) is 5.10. The zero-order valence-electron chi connectivity index (χ0n) is 12.3. The number of hydrogen-bond acceptors (Lipinski definition) is 3. The Morgan fingerprint density at radius 3 is 2.38 bits per heavy atom. The Kier molecular flexibility index (Phi) is 4.90. The third-order valence-corrected chi connectivity index (χ3v) is 3.48. The minimum Gasteiger partial charge on any atom is -0.375 e. The fourth-order valence-corrected chi connectivity index (χ4v) is 2.12. The molecule has 2 aromatic carbocycles. The maximum absolute atomic E-state index is 13.3. The van der Waals surface area contributed by atoms with Gasteiger partial charge in [0.15, 0.2) is 0 Å². The van der Waals surface area contributed by atoms with Crippen LogP contribution in [0.25, 0.3) is 0 Å². The number of nitrogens with one attached hydrogen (secondary N) is 1. The summed E-state index contributed by atoms with van der Waals surface area (Å²) in [6.07, 6.45) is -4.98. The maximum atomic E-state index is 13.3. The van der Waals surface area contributed by atoms with Gasteiger partial charge in [-0.05, 0) is 23.8 Å². The van der Waals surface area contributed by atoms with Gasteiger partial charge in [-0.25, -0.2) is 0 Å². The first-order valence-electron chi connectivity index (χ1n) is 6.91. The largest absolute Gasteiger partial charge is 0.423 e. The standard InChI is InChI=1S/C17H13F3N2O2/c18-17(19,20)16(24,14-7-2-1-3-8-14)11-22-15(23)13-6-4-5-12(9-13)10-21/h1-9,24H,11H2,(H,22,23)/t16-/m0/s1. The van der Waals surface area contributed by atoms with Crippen molar-refractivity contribution in [1.29, 1.82) is 5.26 Å². The van der Waals surface area contributed by atoms with Gasteiger partial charge in [0.05, 0.1) is 18.2 Å². The lowest BCUT2D eigenvalue weighted by Gasteiger charge is -2.31. The van der Waals surface area contributed by atoms with E-state index in [2.05, 4.69) is 5.32 Å². The smallest absolute Gasteiger partial charge is 0.375 e. The van der Waals surface area contributed by atoms with Crippen LogP contribution in [0, 0.1) is 11.3 Å². The van der Waals surface area contributed by atoms with Crippen LogP contribution in [0.1, 0.15) is 21.5 Å². The van der Waals surface area contributed by atoms with Gasteiger partial charge < -0.3 is 10.4 Å². The van der Waals surface area contributed by atoms with Crippen molar-refractivity contribution < 1.29 is 23.1 Å². The third-order valence-electron chi connectivity index (χ3n) is 3.48. The Bertz CT molecular complexity index is 769. The Morgan fingerprint density at radius 2 is 1.79 bits per heavy atom. The van der Waals surface area contributed by atoms with Gasteiger partial charge >= 0.3 is 6.18 Å². The lowest BCUT2D eigenvalue weighted by molar-refractivity contribution is -0.263. The quantitative estimate of drug-likeness (QED) is 0.903. The van der Waals surface area contributed by atoms with E-state index >= 15 is 0 Å². The van der Waals surface area contributed by atoms with Gasteiger partial charge in [-0.15, -0.1) is 0 Å². The van der Waals surface area contributed by atoms with E-state index in [0.29, 0.717) is 0 Å². The van der Waals surface area contributed by atoms with Crippen LogP contribution in [0.4, 0.5) is 13.2 Å². The van der Waals surface area contributed by atoms with E-state index in [9.17, 15) is 23.1 Å². The highest BCUT2D eigenvalue weighted by Crippen LogP contribution is 2.38. The van der Waals surface area contributed by atoms with Gasteiger partial charge in [0, 0.05) is 5.56 Å². The van der Waals surface area contributed by atoms with Crippen LogP contribution in [0.15, 0.2) is 54.6 Å². The molecule has 2 rings (SSSR count). The van der Waals surface area contributed by atoms with Crippen LogP contribution < -0.4 is 5.32 Å². The second-order valence-corrected chi connectivity index (χ2v) is 5.10. The molecule has 124 valence electrons. The number of carbonyl (C=O) groups is 1. The molecule has 0 heterocycles. The van der Waals surface area contributed by atoms with Crippen molar-refractivity contribution in [2.45, 2.75) is 11.8 Å². The number of carbonyl (C=O) groups excluding carboxylic acids is 1. The number of benzene rings is 2. The van der Waals surface area contributed by atoms with E-state index in [1.54, 1.807) is 0 Å². The summed E-state index contributed by atoms with van der Waals surface area (Å²) in [6, 6.07) is 13.9. The van der Waals surface area contributed by atoms with Gasteiger partial charge in [0.2, 0.25) is 5.60 Å². The van der Waals surface area contributed by atoms with Crippen molar-refractivity contribution in [3.05, 3.63) is 71.3 Å². The number of nitriles is 1. The minimum absolute atomic E-state index is 0.0339. The van der Waals surface area contributed by atoms with Crippen molar-refractivity contribution in [2.75, 3.05) is 6.54 Å². The molecular weight excluding hydrogens is 321 g/mol. The van der Waals surface area contributed by atoms with Crippen LogP contribution in [0.2, 0.25) is 0 Å². The fraction of sp³-hybridized carbons (Fsp3) is 0.176. The van der Waals surface area contributed by atoms with Crippen LogP contribution >= 0.6 is 0 Å². The first kappa shape index (κ1) is 17.5. The molecule has 7 heteroatoms. The summed E-state index contributed by atoms with van der Waals surface area (Å²) in [6.45, 7) is -1.05. The highest BCUT2D eigenvalue weighted by Gasteiger charge is 2.55. The van der Waals surface area contributed by atoms with E-state index < -0.39 is 24.2 Å². The summed E-state index contributed by atoms with van der Waals surface area (Å²) in [5.74, 6) is -0.814. The number of rotatable bonds is 4. The molecule has 0 aliphatic carbocycles. The summed E-state index contributed by atoms with van der Waals surface area (Å²) in [4.78, 5) is 12.0. The van der Waals surface area contributed by atoms with Crippen LogP contribution in [0.3, 0.4) is 0 Å². The number of alkyl halides is 3. The molecule has 0 saturated carbocycles. The predicted octanol–water partition coefficient (Wildman–Crippen LogP) is 2.74. The van der Waals surface area contributed by atoms with Gasteiger partial charge in [0.1, 0.15) is 0 Å². The fourth-order valence-electron chi connectivity index (χ4n) is 2.12. The molecule has 1 atom stereocenters. The Labute approximate surface area is 136 Å². The SMILES string of the molecule is N#Cc1cccc(C(=O)NC[C@](O)(c2ccccc2)C(F)(F)F)c1. The van der Waals surface area contributed by atoms with Crippen molar-refractivity contribution in [2.24, 2.45) is 0 Å². The number of amides is 1. The average Bonchev–Trinajstić information content (AvgIpc) is 2.59. The topological polar surface area (TPSA) is 73.1 Å². The maximum Gasteiger partial charge on any atom is 0.423 e. The number of hydrogen-bond donors (Lipinski definition) is 2. The highest BCUT2D eigenvalue weighted by molar-refractivity contribution is 5.94. The van der Waals surface area contributed by atoms with Gasteiger partial charge in [0.25, 0.3) is 5.91 Å². The molecule has 0 spiro atoms. The molecule has 1 amide bonds. The molecule has 0 bridgehead atoms. The zero-order chi connectivity index (χ0) is 17.8. The van der Waals surface area contributed by atoms with E-state index in [-0.39, 0.29) is 16.7 Å². The molecular formula is C17H13F3N2O2. The molecule has 0 aromatic heterocycles. The van der Waals surface area contributed by atoms with E-state index in [4.69, 9.17) is 5.26 Å². The zero-order valence-corrected chi connectivity index (χ0v) is 12.3. The van der Waals surface area contributed by atoms with E-state index in [0.717, 1.165) is 12.1 Å². The molecule has 0 aliphatic rings. The van der Waals surface area contributed by atoms with Gasteiger partial charge in [-0.3, -0.25) is 4.79 Å². The summed E-state index contributed by atoms with van der Waals surface area (Å²) in [5.41, 5.74) is -3.34. The molecule has 0 unspecified atom stereocenters. The Balaban J connectivity index is 2.23. The molecule has 4 nitrogen and oxygen atoms in total. The van der Waals surface area contributed by atoms with Crippen LogP contribution in [0.5, 0.6) is 0 Å².